The molecular formula is C22H18Cl2N2O2. The average molecular weight is 413 g/mol. The summed E-state index contributed by atoms with van der Waals surface area (Å²) >= 11 is 12.2. The zero-order valence-electron chi connectivity index (χ0n) is 15.4. The molecule has 4 aromatic rings. The van der Waals surface area contributed by atoms with E-state index in [2.05, 4.69) is 23.0 Å². The van der Waals surface area contributed by atoms with Gasteiger partial charge in [0.1, 0.15) is 12.4 Å². The SMILES string of the molecule is COc1cc(-c2nc3ccc(C)cc3[nH]2)ccc1OCc1ccc(Cl)cc1Cl. The molecule has 3 aromatic carbocycles. The van der Waals surface area contributed by atoms with Crippen LogP contribution in [0.1, 0.15) is 11.1 Å². The van der Waals surface area contributed by atoms with E-state index in [1.165, 1.54) is 5.56 Å². The van der Waals surface area contributed by atoms with Gasteiger partial charge in [-0.25, -0.2) is 4.98 Å². The summed E-state index contributed by atoms with van der Waals surface area (Å²) in [4.78, 5) is 8.02. The molecule has 4 nitrogen and oxygen atoms in total. The van der Waals surface area contributed by atoms with Gasteiger partial charge in [-0.3, -0.25) is 0 Å². The molecule has 4 rings (SSSR count). The molecule has 0 bridgehead atoms. The highest BCUT2D eigenvalue weighted by Gasteiger charge is 2.11. The lowest BCUT2D eigenvalue weighted by atomic mass is 10.2. The molecule has 0 amide bonds. The van der Waals surface area contributed by atoms with Gasteiger partial charge in [0.2, 0.25) is 0 Å². The van der Waals surface area contributed by atoms with Gasteiger partial charge in [0.25, 0.3) is 0 Å². The Morgan fingerprint density at radius 3 is 2.61 bits per heavy atom. The molecule has 0 unspecified atom stereocenters. The molecule has 0 radical (unpaired) electrons. The Labute approximate surface area is 173 Å². The van der Waals surface area contributed by atoms with E-state index in [1.807, 2.05) is 36.4 Å². The predicted octanol–water partition coefficient (Wildman–Crippen LogP) is 6.43. The van der Waals surface area contributed by atoms with Gasteiger partial charge in [0.15, 0.2) is 11.5 Å². The first-order chi connectivity index (χ1) is 13.5. The van der Waals surface area contributed by atoms with Crippen molar-refractivity contribution in [2.45, 2.75) is 13.5 Å². The second-order valence-electron chi connectivity index (χ2n) is 6.50. The highest BCUT2D eigenvalue weighted by molar-refractivity contribution is 6.35. The van der Waals surface area contributed by atoms with Crippen molar-refractivity contribution in [1.29, 1.82) is 0 Å². The molecule has 0 fully saturated rings. The summed E-state index contributed by atoms with van der Waals surface area (Å²) in [5, 5.41) is 1.16. The lowest BCUT2D eigenvalue weighted by Crippen LogP contribution is -1.99. The second-order valence-corrected chi connectivity index (χ2v) is 7.34. The van der Waals surface area contributed by atoms with Crippen LogP contribution in [0.3, 0.4) is 0 Å². The first-order valence-corrected chi connectivity index (χ1v) is 9.50. The number of methoxy groups -OCH3 is 1. The number of aryl methyl sites for hydroxylation is 1. The fourth-order valence-corrected chi connectivity index (χ4v) is 3.45. The zero-order valence-corrected chi connectivity index (χ0v) is 16.9. The van der Waals surface area contributed by atoms with E-state index < -0.39 is 0 Å². The number of hydrogen-bond donors (Lipinski definition) is 1. The van der Waals surface area contributed by atoms with Crippen molar-refractivity contribution >= 4 is 34.2 Å². The van der Waals surface area contributed by atoms with Crippen molar-refractivity contribution in [2.75, 3.05) is 7.11 Å². The summed E-state index contributed by atoms with van der Waals surface area (Å²) in [6.45, 7) is 2.37. The topological polar surface area (TPSA) is 47.1 Å². The number of nitrogens with one attached hydrogen (secondary N) is 1. The van der Waals surface area contributed by atoms with Crippen LogP contribution in [0.5, 0.6) is 11.5 Å². The maximum absolute atomic E-state index is 6.22. The quantitative estimate of drug-likeness (QED) is 0.410. The zero-order chi connectivity index (χ0) is 19.7. The summed E-state index contributed by atoms with van der Waals surface area (Å²) in [6, 6.07) is 17.2. The summed E-state index contributed by atoms with van der Waals surface area (Å²) in [7, 11) is 1.61. The van der Waals surface area contributed by atoms with Gasteiger partial charge >= 0.3 is 0 Å². The largest absolute Gasteiger partial charge is 0.493 e. The number of ether oxygens (including phenoxy) is 2. The lowest BCUT2D eigenvalue weighted by Gasteiger charge is -2.12. The second kappa shape index (κ2) is 7.74. The van der Waals surface area contributed by atoms with Crippen LogP contribution in [-0.2, 0) is 6.61 Å². The summed E-state index contributed by atoms with van der Waals surface area (Å²) in [5.41, 5.74) is 4.89. The summed E-state index contributed by atoms with van der Waals surface area (Å²) < 4.78 is 11.4. The third-order valence-corrected chi connectivity index (χ3v) is 5.06. The molecule has 1 N–H and O–H groups in total. The highest BCUT2D eigenvalue weighted by Crippen LogP contribution is 2.33. The van der Waals surface area contributed by atoms with Crippen molar-refractivity contribution in [2.24, 2.45) is 0 Å². The van der Waals surface area contributed by atoms with Crippen molar-refractivity contribution in [3.63, 3.8) is 0 Å². The molecule has 0 spiro atoms. The maximum Gasteiger partial charge on any atom is 0.161 e. The van der Waals surface area contributed by atoms with Gasteiger partial charge in [0.05, 0.1) is 18.1 Å². The minimum absolute atomic E-state index is 0.315. The number of hydrogen-bond acceptors (Lipinski definition) is 3. The lowest BCUT2D eigenvalue weighted by molar-refractivity contribution is 0.284. The standard InChI is InChI=1S/C22H18Cl2N2O2/c1-13-3-7-18-19(9-13)26-22(25-18)14-5-8-20(21(10-14)27-2)28-12-15-4-6-16(23)11-17(15)24/h3-11H,12H2,1-2H3,(H,25,26). The normalized spacial score (nSPS) is 11.0. The Kier molecular flexibility index (Phi) is 5.16. The Morgan fingerprint density at radius 1 is 0.964 bits per heavy atom. The van der Waals surface area contributed by atoms with Crippen molar-refractivity contribution in [3.05, 3.63) is 75.8 Å². The molecule has 0 aliphatic carbocycles. The van der Waals surface area contributed by atoms with Crippen LogP contribution in [0.15, 0.2) is 54.6 Å². The molecule has 0 aliphatic rings. The number of halogens is 2. The number of fused-ring (bicyclic) bond motifs is 1. The van der Waals surface area contributed by atoms with Crippen LogP contribution >= 0.6 is 23.2 Å². The molecular weight excluding hydrogens is 395 g/mol. The van der Waals surface area contributed by atoms with Gasteiger partial charge < -0.3 is 14.5 Å². The molecule has 6 heteroatoms. The van der Waals surface area contributed by atoms with Crippen molar-refractivity contribution < 1.29 is 9.47 Å². The van der Waals surface area contributed by atoms with Gasteiger partial charge in [-0.1, -0.05) is 35.3 Å². The monoisotopic (exact) mass is 412 g/mol. The maximum atomic E-state index is 6.22. The van der Waals surface area contributed by atoms with Crippen LogP contribution in [-0.4, -0.2) is 17.1 Å². The smallest absolute Gasteiger partial charge is 0.161 e. The summed E-state index contributed by atoms with van der Waals surface area (Å²) in [6.07, 6.45) is 0. The van der Waals surface area contributed by atoms with Crippen LogP contribution in [0.2, 0.25) is 10.0 Å². The number of aromatic amines is 1. The molecule has 1 aromatic heterocycles. The number of benzene rings is 3. The van der Waals surface area contributed by atoms with E-state index in [9.17, 15) is 0 Å². The number of imidazole rings is 1. The molecule has 0 aliphatic heterocycles. The Bertz CT molecular complexity index is 1150. The molecule has 142 valence electrons. The number of H-pyrrole nitrogens is 1. The fourth-order valence-electron chi connectivity index (χ4n) is 2.99. The summed E-state index contributed by atoms with van der Waals surface area (Å²) in [5.74, 6) is 2.04. The molecule has 1 heterocycles. The van der Waals surface area contributed by atoms with Crippen LogP contribution in [0, 0.1) is 6.92 Å². The van der Waals surface area contributed by atoms with Gasteiger partial charge in [-0.15, -0.1) is 0 Å². The van der Waals surface area contributed by atoms with E-state index in [4.69, 9.17) is 32.7 Å². The number of rotatable bonds is 5. The van der Waals surface area contributed by atoms with E-state index >= 15 is 0 Å². The Balaban J connectivity index is 1.60. The Morgan fingerprint density at radius 2 is 1.82 bits per heavy atom. The highest BCUT2D eigenvalue weighted by atomic mass is 35.5. The fraction of sp³-hybridized carbons (Fsp3) is 0.136. The molecule has 0 atom stereocenters. The van der Waals surface area contributed by atoms with E-state index in [0.29, 0.717) is 28.2 Å². The predicted molar refractivity (Wildman–Crippen MR) is 114 cm³/mol. The third kappa shape index (κ3) is 3.79. The van der Waals surface area contributed by atoms with Crippen molar-refractivity contribution in [1.82, 2.24) is 9.97 Å². The van der Waals surface area contributed by atoms with Gasteiger partial charge in [0, 0.05) is 21.2 Å². The minimum atomic E-state index is 0.315. The Hall–Kier alpha value is -2.69. The first kappa shape index (κ1) is 18.7. The van der Waals surface area contributed by atoms with Crippen LogP contribution < -0.4 is 9.47 Å². The first-order valence-electron chi connectivity index (χ1n) is 8.75. The van der Waals surface area contributed by atoms with Gasteiger partial charge in [-0.05, 0) is 55.0 Å². The van der Waals surface area contributed by atoms with Crippen LogP contribution in [0.4, 0.5) is 0 Å². The molecule has 28 heavy (non-hydrogen) atoms. The minimum Gasteiger partial charge on any atom is -0.493 e. The average Bonchev–Trinajstić information content (AvgIpc) is 3.10. The van der Waals surface area contributed by atoms with E-state index in [-0.39, 0.29) is 0 Å². The number of aromatic nitrogens is 2. The van der Waals surface area contributed by atoms with Crippen molar-refractivity contribution in [3.8, 4) is 22.9 Å². The van der Waals surface area contributed by atoms with Crippen LogP contribution in [0.25, 0.3) is 22.4 Å². The molecule has 0 saturated heterocycles. The van der Waals surface area contributed by atoms with E-state index in [1.54, 1.807) is 19.2 Å². The number of nitrogens with zero attached hydrogens (tertiary/aromatic N) is 1. The third-order valence-electron chi connectivity index (χ3n) is 4.47. The van der Waals surface area contributed by atoms with Gasteiger partial charge in [-0.2, -0.15) is 0 Å². The van der Waals surface area contributed by atoms with E-state index in [0.717, 1.165) is 28.0 Å². The molecule has 0 saturated carbocycles.